The van der Waals surface area contributed by atoms with Gasteiger partial charge in [0.2, 0.25) is 0 Å². The summed E-state index contributed by atoms with van der Waals surface area (Å²) in [5.74, 6) is -0.431. The molecule has 0 saturated carbocycles. The smallest absolute Gasteiger partial charge is 0.328 e. The van der Waals surface area contributed by atoms with Crippen LogP contribution in [0.3, 0.4) is 0 Å². The van der Waals surface area contributed by atoms with E-state index in [1.807, 2.05) is 19.9 Å². The number of methoxy groups -OCH3 is 1. The molecule has 0 saturated heterocycles. The minimum Gasteiger partial charge on any atom is -0.484 e. The van der Waals surface area contributed by atoms with Crippen LogP contribution in [-0.4, -0.2) is 31.6 Å². The average Bonchev–Trinajstić information content (AvgIpc) is 2.56. The van der Waals surface area contributed by atoms with Crippen LogP contribution in [0.5, 0.6) is 5.75 Å². The lowest BCUT2D eigenvalue weighted by molar-refractivity contribution is -0.146. The highest BCUT2D eigenvalue weighted by molar-refractivity contribution is 5.85. The van der Waals surface area contributed by atoms with Gasteiger partial charge in [0, 0.05) is 0 Å². The highest BCUT2D eigenvalue weighted by atomic mass is 16.5. The van der Waals surface area contributed by atoms with Gasteiger partial charge in [0.1, 0.15) is 11.8 Å². The van der Waals surface area contributed by atoms with Gasteiger partial charge in [-0.05, 0) is 30.2 Å². The lowest BCUT2D eigenvalue weighted by atomic mass is 9.99. The number of nitrogens with zero attached hydrogens (tertiary/aromatic N) is 1. The summed E-state index contributed by atoms with van der Waals surface area (Å²) >= 11 is 0. The van der Waals surface area contributed by atoms with Crippen LogP contribution in [-0.2, 0) is 14.3 Å². The lowest BCUT2D eigenvalue weighted by Crippen LogP contribution is -2.47. The van der Waals surface area contributed by atoms with Crippen molar-refractivity contribution in [1.29, 1.82) is 5.26 Å². The molecule has 0 aromatic heterocycles. The quantitative estimate of drug-likeness (QED) is 0.774. The Labute approximate surface area is 130 Å². The number of nitriles is 1. The molecular weight excluding hydrogens is 284 g/mol. The van der Waals surface area contributed by atoms with E-state index >= 15 is 0 Å². The first kappa shape index (κ1) is 17.5. The summed E-state index contributed by atoms with van der Waals surface area (Å²) < 4.78 is 10.0. The summed E-state index contributed by atoms with van der Waals surface area (Å²) in [6, 6.07) is 7.73. The Hall–Kier alpha value is -2.55. The van der Waals surface area contributed by atoms with Crippen LogP contribution in [0.25, 0.3) is 0 Å². The fraction of sp³-hybridized carbons (Fsp3) is 0.438. The molecule has 0 aliphatic carbocycles. The molecule has 22 heavy (non-hydrogen) atoms. The second-order valence-corrected chi connectivity index (χ2v) is 4.88. The van der Waals surface area contributed by atoms with Crippen molar-refractivity contribution in [1.82, 2.24) is 5.32 Å². The summed E-state index contributed by atoms with van der Waals surface area (Å²) in [5, 5.41) is 11.3. The number of ether oxygens (including phenoxy) is 2. The molecule has 0 fully saturated rings. The number of benzene rings is 1. The molecule has 0 spiro atoms. The zero-order valence-corrected chi connectivity index (χ0v) is 13.0. The number of carbonyl (C=O) groups excluding carboxylic acids is 2. The third-order valence-corrected chi connectivity index (χ3v) is 3.34. The van der Waals surface area contributed by atoms with Gasteiger partial charge in [-0.2, -0.15) is 5.26 Å². The molecule has 6 heteroatoms. The van der Waals surface area contributed by atoms with E-state index in [1.165, 1.54) is 7.11 Å². The zero-order valence-electron chi connectivity index (χ0n) is 13.0. The molecule has 0 radical (unpaired) electrons. The average molecular weight is 304 g/mol. The molecule has 1 amide bonds. The molecule has 0 unspecified atom stereocenters. The third kappa shape index (κ3) is 5.09. The van der Waals surface area contributed by atoms with Crippen molar-refractivity contribution in [2.24, 2.45) is 5.92 Å². The molecule has 1 N–H and O–H groups in total. The predicted octanol–water partition coefficient (Wildman–Crippen LogP) is 1.64. The van der Waals surface area contributed by atoms with Crippen molar-refractivity contribution < 1.29 is 19.1 Å². The Balaban J connectivity index is 2.56. The SMILES string of the molecule is CC[C@@H](C)[C@@H](NC(=O)COc1ccc(C#N)cc1)C(=O)OC. The maximum absolute atomic E-state index is 11.9. The van der Waals surface area contributed by atoms with Crippen molar-refractivity contribution in [2.75, 3.05) is 13.7 Å². The van der Waals surface area contributed by atoms with Gasteiger partial charge < -0.3 is 14.8 Å². The standard InChI is InChI=1S/C16H20N2O4/c1-4-11(2)15(16(20)21-3)18-14(19)10-22-13-7-5-12(9-17)6-8-13/h5-8,11,15H,4,10H2,1-3H3,(H,18,19)/t11-,15-/m1/s1. The second-order valence-electron chi connectivity index (χ2n) is 4.88. The number of rotatable bonds is 7. The molecule has 1 aromatic carbocycles. The Morgan fingerprint density at radius 1 is 1.32 bits per heavy atom. The fourth-order valence-corrected chi connectivity index (χ4v) is 1.79. The van der Waals surface area contributed by atoms with E-state index < -0.39 is 17.9 Å². The van der Waals surface area contributed by atoms with Crippen molar-refractivity contribution in [3.8, 4) is 11.8 Å². The van der Waals surface area contributed by atoms with Crippen LogP contribution in [0.1, 0.15) is 25.8 Å². The summed E-state index contributed by atoms with van der Waals surface area (Å²) in [6.45, 7) is 3.58. The summed E-state index contributed by atoms with van der Waals surface area (Å²) in [5.41, 5.74) is 0.513. The van der Waals surface area contributed by atoms with Crippen molar-refractivity contribution in [3.05, 3.63) is 29.8 Å². The lowest BCUT2D eigenvalue weighted by Gasteiger charge is -2.21. The van der Waals surface area contributed by atoms with E-state index in [1.54, 1.807) is 24.3 Å². The third-order valence-electron chi connectivity index (χ3n) is 3.34. The molecule has 0 heterocycles. The van der Waals surface area contributed by atoms with Crippen LogP contribution >= 0.6 is 0 Å². The van der Waals surface area contributed by atoms with E-state index in [2.05, 4.69) is 5.32 Å². The minimum absolute atomic E-state index is 0.0358. The molecule has 0 bridgehead atoms. The van der Waals surface area contributed by atoms with Gasteiger partial charge in [-0.15, -0.1) is 0 Å². The van der Waals surface area contributed by atoms with Gasteiger partial charge in [-0.3, -0.25) is 4.79 Å². The van der Waals surface area contributed by atoms with Crippen LogP contribution in [0, 0.1) is 17.2 Å². The normalized spacial score (nSPS) is 12.6. The van der Waals surface area contributed by atoms with Gasteiger partial charge in [-0.25, -0.2) is 4.79 Å². The van der Waals surface area contributed by atoms with Crippen molar-refractivity contribution in [3.63, 3.8) is 0 Å². The van der Waals surface area contributed by atoms with Gasteiger partial charge in [0.25, 0.3) is 5.91 Å². The van der Waals surface area contributed by atoms with Gasteiger partial charge in [0.05, 0.1) is 18.7 Å². The molecule has 6 nitrogen and oxygen atoms in total. The molecule has 0 aliphatic heterocycles. The van der Waals surface area contributed by atoms with Crippen molar-refractivity contribution in [2.45, 2.75) is 26.3 Å². The summed E-state index contributed by atoms with van der Waals surface area (Å²) in [7, 11) is 1.29. The number of amides is 1. The minimum atomic E-state index is -0.688. The number of hydrogen-bond acceptors (Lipinski definition) is 5. The molecular formula is C16H20N2O4. The monoisotopic (exact) mass is 304 g/mol. The first-order chi connectivity index (χ1) is 10.5. The Morgan fingerprint density at radius 2 is 1.95 bits per heavy atom. The second kappa shape index (κ2) is 8.67. The van der Waals surface area contributed by atoms with E-state index in [0.29, 0.717) is 11.3 Å². The molecule has 1 rings (SSSR count). The Kier molecular flexibility index (Phi) is 6.90. The first-order valence-corrected chi connectivity index (χ1v) is 7.02. The van der Waals surface area contributed by atoms with Gasteiger partial charge >= 0.3 is 5.97 Å². The van der Waals surface area contributed by atoms with Crippen LogP contribution in [0.2, 0.25) is 0 Å². The van der Waals surface area contributed by atoms with E-state index in [0.717, 1.165) is 6.42 Å². The largest absolute Gasteiger partial charge is 0.484 e. The van der Waals surface area contributed by atoms with Crippen LogP contribution in [0.4, 0.5) is 0 Å². The van der Waals surface area contributed by atoms with Gasteiger partial charge in [0.15, 0.2) is 6.61 Å². The predicted molar refractivity (Wildman–Crippen MR) is 80.1 cm³/mol. The maximum atomic E-state index is 11.9. The maximum Gasteiger partial charge on any atom is 0.328 e. The number of esters is 1. The fourth-order valence-electron chi connectivity index (χ4n) is 1.79. The van der Waals surface area contributed by atoms with Crippen LogP contribution < -0.4 is 10.1 Å². The van der Waals surface area contributed by atoms with E-state index in [4.69, 9.17) is 14.7 Å². The number of carbonyl (C=O) groups is 2. The first-order valence-electron chi connectivity index (χ1n) is 7.02. The molecule has 118 valence electrons. The highest BCUT2D eigenvalue weighted by Crippen LogP contribution is 2.12. The van der Waals surface area contributed by atoms with Gasteiger partial charge in [-0.1, -0.05) is 20.3 Å². The highest BCUT2D eigenvalue weighted by Gasteiger charge is 2.26. The molecule has 2 atom stereocenters. The molecule has 0 aliphatic rings. The van der Waals surface area contributed by atoms with Crippen LogP contribution in [0.15, 0.2) is 24.3 Å². The summed E-state index contributed by atoms with van der Waals surface area (Å²) in [6.07, 6.45) is 0.733. The van der Waals surface area contributed by atoms with E-state index in [-0.39, 0.29) is 12.5 Å². The number of nitrogens with one attached hydrogen (secondary N) is 1. The zero-order chi connectivity index (χ0) is 16.5. The van der Waals surface area contributed by atoms with Crippen molar-refractivity contribution >= 4 is 11.9 Å². The Morgan fingerprint density at radius 3 is 2.45 bits per heavy atom. The Bertz CT molecular complexity index is 548. The van der Waals surface area contributed by atoms with E-state index in [9.17, 15) is 9.59 Å². The summed E-state index contributed by atoms with van der Waals surface area (Å²) in [4.78, 5) is 23.6. The number of hydrogen-bond donors (Lipinski definition) is 1. The molecule has 1 aromatic rings. The topological polar surface area (TPSA) is 88.4 Å².